The lowest BCUT2D eigenvalue weighted by molar-refractivity contribution is 0.363. The molecule has 0 rings (SSSR count). The highest BCUT2D eigenvalue weighted by atomic mass is 16.5. The van der Waals surface area contributed by atoms with Gasteiger partial charge in [0.05, 0.1) is 0 Å². The number of hydrogen-bond acceptors (Lipinski definition) is 2. The largest absolute Gasteiger partial charge is 0.785 e. The monoisotopic (exact) mass is 340 g/mol. The van der Waals surface area contributed by atoms with Crippen LogP contribution in [0.15, 0.2) is 0 Å². The van der Waals surface area contributed by atoms with E-state index in [1.807, 2.05) is 0 Å². The molecule has 0 saturated carbocycles. The van der Waals surface area contributed by atoms with Crippen molar-refractivity contribution in [3.8, 4) is 0 Å². The van der Waals surface area contributed by atoms with Crippen LogP contribution >= 0.6 is 0 Å². The van der Waals surface area contributed by atoms with E-state index in [0.717, 1.165) is 19.4 Å². The molecule has 0 N–H and O–H groups in total. The molecular weight excluding hydrogens is 294 g/mol. The highest BCUT2D eigenvalue weighted by molar-refractivity contribution is 4.56. The standard InChI is InChI=1S/C22H46NO/c1-3-5-6-7-8-9-10-11-12-13-14-15-16-17-18-19-20-22-23(24)21-4-2/h3-22H2,1-2H3/q-1. The first-order valence-corrected chi connectivity index (χ1v) is 11.2. The van der Waals surface area contributed by atoms with Crippen molar-refractivity contribution in [1.29, 1.82) is 0 Å². The first kappa shape index (κ1) is 23.9. The molecule has 0 aliphatic carbocycles. The van der Waals surface area contributed by atoms with Crippen molar-refractivity contribution in [3.63, 3.8) is 0 Å². The minimum Gasteiger partial charge on any atom is -0.785 e. The SMILES string of the molecule is CCCCCCCCCCCCCCCCCCCN([O-])CCC. The molecule has 0 aromatic heterocycles. The Morgan fingerprint density at radius 1 is 0.417 bits per heavy atom. The second-order valence-electron chi connectivity index (χ2n) is 7.59. The average molecular weight is 341 g/mol. The summed E-state index contributed by atoms with van der Waals surface area (Å²) in [6.07, 6.45) is 24.6. The number of nitrogens with zero attached hydrogens (tertiary/aromatic N) is 1. The number of rotatable bonds is 20. The van der Waals surface area contributed by atoms with Crippen molar-refractivity contribution in [1.82, 2.24) is 5.06 Å². The number of hydroxylamine groups is 2. The summed E-state index contributed by atoms with van der Waals surface area (Å²) in [6, 6.07) is 0. The van der Waals surface area contributed by atoms with Crippen LogP contribution in [0.3, 0.4) is 0 Å². The van der Waals surface area contributed by atoms with E-state index in [1.54, 1.807) is 0 Å². The summed E-state index contributed by atoms with van der Waals surface area (Å²) in [6.45, 7) is 5.81. The van der Waals surface area contributed by atoms with Crippen molar-refractivity contribution in [2.24, 2.45) is 0 Å². The van der Waals surface area contributed by atoms with Crippen LogP contribution in [-0.2, 0) is 0 Å². The lowest BCUT2D eigenvalue weighted by Gasteiger charge is -2.27. The van der Waals surface area contributed by atoms with Gasteiger partial charge < -0.3 is 10.3 Å². The maximum absolute atomic E-state index is 11.3. The lowest BCUT2D eigenvalue weighted by Crippen LogP contribution is -2.18. The quantitative estimate of drug-likeness (QED) is 0.167. The summed E-state index contributed by atoms with van der Waals surface area (Å²) in [4.78, 5) is 0. The Bertz CT molecular complexity index is 220. The van der Waals surface area contributed by atoms with E-state index in [4.69, 9.17) is 0 Å². The van der Waals surface area contributed by atoms with E-state index < -0.39 is 0 Å². The van der Waals surface area contributed by atoms with Crippen LogP contribution in [0, 0.1) is 5.21 Å². The molecule has 0 aliphatic heterocycles. The maximum Gasteiger partial charge on any atom is -0.0145 e. The zero-order valence-electron chi connectivity index (χ0n) is 17.0. The molecule has 0 aromatic rings. The minimum absolute atomic E-state index is 0.707. The van der Waals surface area contributed by atoms with Gasteiger partial charge in [0.2, 0.25) is 0 Å². The van der Waals surface area contributed by atoms with E-state index >= 15 is 0 Å². The van der Waals surface area contributed by atoms with Crippen LogP contribution in [0.25, 0.3) is 0 Å². The summed E-state index contributed by atoms with van der Waals surface area (Å²) in [7, 11) is 0. The third-order valence-electron chi connectivity index (χ3n) is 4.98. The molecule has 0 unspecified atom stereocenters. The Kier molecular flexibility index (Phi) is 20.9. The van der Waals surface area contributed by atoms with Crippen LogP contribution in [-0.4, -0.2) is 18.2 Å². The predicted molar refractivity (Wildman–Crippen MR) is 109 cm³/mol. The summed E-state index contributed by atoms with van der Waals surface area (Å²) in [5, 5.41) is 12.5. The average Bonchev–Trinajstić information content (AvgIpc) is 2.58. The molecule has 0 aromatic carbocycles. The van der Waals surface area contributed by atoms with Gasteiger partial charge in [0.15, 0.2) is 0 Å². The van der Waals surface area contributed by atoms with E-state index in [2.05, 4.69) is 13.8 Å². The van der Waals surface area contributed by atoms with E-state index in [9.17, 15) is 5.21 Å². The van der Waals surface area contributed by atoms with Gasteiger partial charge in [-0.3, -0.25) is 0 Å². The fourth-order valence-electron chi connectivity index (χ4n) is 3.37. The van der Waals surface area contributed by atoms with Crippen LogP contribution in [0.1, 0.15) is 129 Å². The van der Waals surface area contributed by atoms with Gasteiger partial charge in [-0.05, 0) is 25.9 Å². The van der Waals surface area contributed by atoms with Gasteiger partial charge >= 0.3 is 0 Å². The smallest absolute Gasteiger partial charge is 0.0145 e. The molecule has 146 valence electrons. The first-order chi connectivity index (χ1) is 11.8. The molecule has 0 spiro atoms. The molecule has 0 bridgehead atoms. The van der Waals surface area contributed by atoms with E-state index in [1.165, 1.54) is 108 Å². The highest BCUT2D eigenvalue weighted by Crippen LogP contribution is 2.14. The van der Waals surface area contributed by atoms with Gasteiger partial charge in [-0.1, -0.05) is 117 Å². The van der Waals surface area contributed by atoms with Gasteiger partial charge in [-0.2, -0.15) is 0 Å². The molecule has 2 heteroatoms. The summed E-state index contributed by atoms with van der Waals surface area (Å²) < 4.78 is 0. The Morgan fingerprint density at radius 3 is 1.08 bits per heavy atom. The third kappa shape index (κ3) is 20.0. The number of unbranched alkanes of at least 4 members (excludes halogenated alkanes) is 16. The van der Waals surface area contributed by atoms with Crippen molar-refractivity contribution in [2.45, 2.75) is 129 Å². The third-order valence-corrected chi connectivity index (χ3v) is 4.98. The Balaban J connectivity index is 3.00. The van der Waals surface area contributed by atoms with Crippen molar-refractivity contribution >= 4 is 0 Å². The fourth-order valence-corrected chi connectivity index (χ4v) is 3.37. The zero-order chi connectivity index (χ0) is 17.7. The van der Waals surface area contributed by atoms with Crippen LogP contribution < -0.4 is 0 Å². The maximum atomic E-state index is 11.3. The Morgan fingerprint density at radius 2 is 0.750 bits per heavy atom. The summed E-state index contributed by atoms with van der Waals surface area (Å²) >= 11 is 0. The van der Waals surface area contributed by atoms with Crippen LogP contribution in [0.2, 0.25) is 0 Å². The molecule has 0 amide bonds. The second kappa shape index (κ2) is 21.0. The van der Waals surface area contributed by atoms with Gasteiger partial charge in [-0.25, -0.2) is 0 Å². The van der Waals surface area contributed by atoms with E-state index in [0.29, 0.717) is 6.54 Å². The lowest BCUT2D eigenvalue weighted by atomic mass is 10.0. The number of hydrogen-bond donors (Lipinski definition) is 0. The fraction of sp³-hybridized carbons (Fsp3) is 1.00. The Hall–Kier alpha value is -0.0800. The van der Waals surface area contributed by atoms with Crippen LogP contribution in [0.4, 0.5) is 0 Å². The summed E-state index contributed by atoms with van der Waals surface area (Å²) in [5.74, 6) is 0. The van der Waals surface area contributed by atoms with E-state index in [-0.39, 0.29) is 0 Å². The van der Waals surface area contributed by atoms with Crippen molar-refractivity contribution in [2.75, 3.05) is 13.1 Å². The normalized spacial score (nSPS) is 11.5. The van der Waals surface area contributed by atoms with Gasteiger partial charge in [0, 0.05) is 0 Å². The first-order valence-electron chi connectivity index (χ1n) is 11.2. The molecule has 0 atom stereocenters. The Labute approximate surface area is 153 Å². The topological polar surface area (TPSA) is 26.3 Å². The van der Waals surface area contributed by atoms with Crippen LogP contribution in [0.5, 0.6) is 0 Å². The highest BCUT2D eigenvalue weighted by Gasteiger charge is 1.95. The molecule has 2 nitrogen and oxygen atoms in total. The molecule has 0 fully saturated rings. The van der Waals surface area contributed by atoms with Gasteiger partial charge in [-0.15, -0.1) is 0 Å². The molecule has 0 radical (unpaired) electrons. The predicted octanol–water partition coefficient (Wildman–Crippen LogP) is 7.85. The van der Waals surface area contributed by atoms with Gasteiger partial charge in [0.1, 0.15) is 0 Å². The molecule has 0 saturated heterocycles. The minimum atomic E-state index is 0.707. The van der Waals surface area contributed by atoms with Gasteiger partial charge in [0.25, 0.3) is 0 Å². The molecule has 24 heavy (non-hydrogen) atoms. The second-order valence-corrected chi connectivity index (χ2v) is 7.59. The molecule has 0 heterocycles. The van der Waals surface area contributed by atoms with Crippen molar-refractivity contribution < 1.29 is 0 Å². The molecular formula is C22H46NO-. The molecule has 0 aliphatic rings. The summed E-state index contributed by atoms with van der Waals surface area (Å²) in [5.41, 5.74) is 0. The van der Waals surface area contributed by atoms with Crippen molar-refractivity contribution in [3.05, 3.63) is 5.21 Å². The zero-order valence-corrected chi connectivity index (χ0v) is 17.0.